The van der Waals surface area contributed by atoms with Crippen LogP contribution in [-0.4, -0.2) is 23.7 Å². The molecule has 0 aliphatic carbocycles. The molecule has 21 heavy (non-hydrogen) atoms. The van der Waals surface area contributed by atoms with Crippen LogP contribution >= 0.6 is 11.6 Å². The molecule has 0 unspecified atom stereocenters. The molecule has 0 aliphatic rings. The molecule has 1 aromatic rings. The van der Waals surface area contributed by atoms with Crippen LogP contribution in [0.15, 0.2) is 12.3 Å². The Hall–Kier alpha value is -0.930. The first-order valence-electron chi connectivity index (χ1n) is 7.59. The van der Waals surface area contributed by atoms with E-state index in [1.807, 2.05) is 19.9 Å². The molecule has 0 N–H and O–H groups in total. The van der Waals surface area contributed by atoms with Crippen molar-refractivity contribution in [1.29, 1.82) is 0 Å². The largest absolute Gasteiger partial charge is 0.384 e. The first kappa shape index (κ1) is 20.1. The number of nitrogens with zero attached hydrogens (tertiary/aromatic N) is 2. The van der Waals surface area contributed by atoms with Crippen molar-refractivity contribution < 1.29 is 4.74 Å². The second-order valence-corrected chi connectivity index (χ2v) is 5.75. The molecule has 0 aromatic carbocycles. The lowest BCUT2D eigenvalue weighted by atomic mass is 10.1. The van der Waals surface area contributed by atoms with Crippen LogP contribution in [0.1, 0.15) is 58.3 Å². The van der Waals surface area contributed by atoms with E-state index in [0.29, 0.717) is 11.8 Å². The molecule has 120 valence electrons. The van der Waals surface area contributed by atoms with Crippen molar-refractivity contribution >= 4 is 17.2 Å². The van der Waals surface area contributed by atoms with Crippen LogP contribution in [0.25, 0.3) is 5.57 Å². The fourth-order valence-electron chi connectivity index (χ4n) is 1.96. The van der Waals surface area contributed by atoms with Gasteiger partial charge >= 0.3 is 0 Å². The van der Waals surface area contributed by atoms with Crippen molar-refractivity contribution in [1.82, 2.24) is 9.97 Å². The van der Waals surface area contributed by atoms with E-state index in [2.05, 4.69) is 30.7 Å². The molecule has 0 spiro atoms. The Balaban J connectivity index is 0.000000567. The predicted octanol–water partition coefficient (Wildman–Crippen LogP) is 5.32. The molecule has 3 nitrogen and oxygen atoms in total. The Kier molecular flexibility index (Phi) is 11.2. The summed E-state index contributed by atoms with van der Waals surface area (Å²) in [6, 6.07) is 0. The lowest BCUT2D eigenvalue weighted by molar-refractivity contribution is 0.206. The molecule has 1 heterocycles. The lowest BCUT2D eigenvalue weighted by Crippen LogP contribution is -1.99. The monoisotopic (exact) mass is 312 g/mol. The third kappa shape index (κ3) is 8.84. The van der Waals surface area contributed by atoms with Crippen LogP contribution < -0.4 is 0 Å². The van der Waals surface area contributed by atoms with Gasteiger partial charge in [-0.2, -0.15) is 0 Å². The summed E-state index contributed by atoms with van der Waals surface area (Å²) in [5.41, 5.74) is 2.89. The first-order chi connectivity index (χ1) is 9.96. The molecular weight excluding hydrogens is 284 g/mol. The summed E-state index contributed by atoms with van der Waals surface area (Å²) in [6.07, 6.45) is 7.14. The maximum absolute atomic E-state index is 5.75. The summed E-state index contributed by atoms with van der Waals surface area (Å²) in [6.45, 7) is 11.3. The average Bonchev–Trinajstić information content (AvgIpc) is 2.42. The molecule has 0 radical (unpaired) electrons. The highest BCUT2D eigenvalue weighted by atomic mass is 35.5. The van der Waals surface area contributed by atoms with Crippen molar-refractivity contribution in [3.05, 3.63) is 28.8 Å². The molecule has 1 rings (SSSR count). The highest BCUT2D eigenvalue weighted by molar-refractivity contribution is 6.29. The predicted molar refractivity (Wildman–Crippen MR) is 91.7 cm³/mol. The molecule has 0 atom stereocenters. The molecule has 4 heteroatoms. The SMILES string of the molecule is C/C=C(/CCOC)c1ncc(Cl)nc1C.CCCC(C)C. The van der Waals surface area contributed by atoms with Crippen molar-refractivity contribution in [3.63, 3.8) is 0 Å². The maximum Gasteiger partial charge on any atom is 0.147 e. The van der Waals surface area contributed by atoms with Crippen LogP contribution in [-0.2, 0) is 4.74 Å². The van der Waals surface area contributed by atoms with Crippen LogP contribution in [0, 0.1) is 12.8 Å². The number of rotatable bonds is 6. The first-order valence-corrected chi connectivity index (χ1v) is 7.97. The van der Waals surface area contributed by atoms with Gasteiger partial charge in [0.2, 0.25) is 0 Å². The number of allylic oxidation sites excluding steroid dienone is 1. The van der Waals surface area contributed by atoms with E-state index in [9.17, 15) is 0 Å². The zero-order valence-electron chi connectivity index (χ0n) is 14.2. The summed E-state index contributed by atoms with van der Waals surface area (Å²) in [7, 11) is 1.69. The summed E-state index contributed by atoms with van der Waals surface area (Å²) < 4.78 is 5.04. The minimum Gasteiger partial charge on any atom is -0.384 e. The van der Waals surface area contributed by atoms with E-state index in [1.54, 1.807) is 13.3 Å². The van der Waals surface area contributed by atoms with Gasteiger partial charge < -0.3 is 4.74 Å². The number of aryl methyl sites for hydroxylation is 1. The minimum absolute atomic E-state index is 0.429. The zero-order valence-corrected chi connectivity index (χ0v) is 15.0. The fraction of sp³-hybridized carbons (Fsp3) is 0.647. The Morgan fingerprint density at radius 1 is 1.43 bits per heavy atom. The van der Waals surface area contributed by atoms with Crippen molar-refractivity contribution in [3.8, 4) is 0 Å². The van der Waals surface area contributed by atoms with Crippen molar-refractivity contribution in [2.24, 2.45) is 5.92 Å². The van der Waals surface area contributed by atoms with E-state index in [4.69, 9.17) is 16.3 Å². The number of hydrogen-bond donors (Lipinski definition) is 0. The standard InChI is InChI=1S/C11H15ClN2O.C6H14/c1-4-9(5-6-15-3)11-8(2)14-10(12)7-13-11;1-4-5-6(2)3/h4,7H,5-6H2,1-3H3;6H,4-5H2,1-3H3/b9-4-;. The van der Waals surface area contributed by atoms with Gasteiger partial charge in [0.05, 0.1) is 24.2 Å². The van der Waals surface area contributed by atoms with Gasteiger partial charge in [-0.3, -0.25) is 4.98 Å². The number of aromatic nitrogens is 2. The summed E-state index contributed by atoms with van der Waals surface area (Å²) in [4.78, 5) is 8.46. The van der Waals surface area contributed by atoms with Crippen molar-refractivity contribution in [2.75, 3.05) is 13.7 Å². The van der Waals surface area contributed by atoms with Crippen LogP contribution in [0.2, 0.25) is 5.15 Å². The van der Waals surface area contributed by atoms with Crippen LogP contribution in [0.5, 0.6) is 0 Å². The van der Waals surface area contributed by atoms with Crippen LogP contribution in [0.3, 0.4) is 0 Å². The fourth-order valence-corrected chi connectivity index (χ4v) is 2.13. The summed E-state index contributed by atoms with van der Waals surface area (Å²) in [5, 5.41) is 0.429. The zero-order chi connectivity index (χ0) is 16.3. The molecule has 0 amide bonds. The molecule has 0 fully saturated rings. The van der Waals surface area contributed by atoms with Crippen LogP contribution in [0.4, 0.5) is 0 Å². The topological polar surface area (TPSA) is 35.0 Å². The van der Waals surface area contributed by atoms with Gasteiger partial charge in [0, 0.05) is 7.11 Å². The van der Waals surface area contributed by atoms with Gasteiger partial charge in [0.1, 0.15) is 5.15 Å². The van der Waals surface area contributed by atoms with E-state index < -0.39 is 0 Å². The molecule has 0 saturated heterocycles. The Labute approximate surface area is 134 Å². The number of hydrogen-bond acceptors (Lipinski definition) is 3. The lowest BCUT2D eigenvalue weighted by Gasteiger charge is -2.08. The van der Waals surface area contributed by atoms with Gasteiger partial charge in [0.15, 0.2) is 0 Å². The molecule has 1 aromatic heterocycles. The Morgan fingerprint density at radius 3 is 2.48 bits per heavy atom. The Morgan fingerprint density at radius 2 is 2.10 bits per heavy atom. The van der Waals surface area contributed by atoms with Gasteiger partial charge in [-0.25, -0.2) is 4.98 Å². The molecular formula is C17H29ClN2O. The third-order valence-electron chi connectivity index (χ3n) is 3.01. The second-order valence-electron chi connectivity index (χ2n) is 5.37. The summed E-state index contributed by atoms with van der Waals surface area (Å²) in [5.74, 6) is 0.898. The normalized spacial score (nSPS) is 11.3. The van der Waals surface area contributed by atoms with Crippen molar-refractivity contribution in [2.45, 2.75) is 53.9 Å². The summed E-state index contributed by atoms with van der Waals surface area (Å²) >= 11 is 5.75. The van der Waals surface area contributed by atoms with E-state index in [1.165, 1.54) is 12.8 Å². The van der Waals surface area contributed by atoms with Gasteiger partial charge in [-0.1, -0.05) is 51.3 Å². The third-order valence-corrected chi connectivity index (χ3v) is 3.19. The van der Waals surface area contributed by atoms with Gasteiger partial charge in [-0.15, -0.1) is 0 Å². The number of methoxy groups -OCH3 is 1. The molecule has 0 aliphatic heterocycles. The van der Waals surface area contributed by atoms with E-state index in [0.717, 1.165) is 29.3 Å². The second kappa shape index (κ2) is 11.7. The maximum atomic E-state index is 5.75. The minimum atomic E-state index is 0.429. The van der Waals surface area contributed by atoms with E-state index >= 15 is 0 Å². The Bertz CT molecular complexity index is 431. The molecule has 0 bridgehead atoms. The quantitative estimate of drug-likeness (QED) is 0.713. The molecule has 0 saturated carbocycles. The van der Waals surface area contributed by atoms with E-state index in [-0.39, 0.29) is 0 Å². The highest BCUT2D eigenvalue weighted by Crippen LogP contribution is 2.19. The van der Waals surface area contributed by atoms with Gasteiger partial charge in [-0.05, 0) is 31.8 Å². The number of ether oxygens (including phenoxy) is 1. The highest BCUT2D eigenvalue weighted by Gasteiger charge is 2.07. The van der Waals surface area contributed by atoms with Gasteiger partial charge in [0.25, 0.3) is 0 Å². The average molecular weight is 313 g/mol. The number of halogens is 1. The smallest absolute Gasteiger partial charge is 0.147 e.